The topological polar surface area (TPSA) is 202 Å². The monoisotopic (exact) mass is 766 g/mol. The number of aryl methyl sites for hydroxylation is 1. The molecular formula is C36H43N6O9PS. The number of nitrogens with one attached hydrogen (secondary N) is 1. The number of thioether (sulfide) groups is 1. The molecule has 17 heteroatoms. The highest BCUT2D eigenvalue weighted by atomic mass is 32.2. The number of aliphatic hydroxyl groups excluding tert-OH is 1. The fourth-order valence-corrected chi connectivity index (χ4v) is 8.26. The largest absolute Gasteiger partial charge is 0.479 e. The van der Waals surface area contributed by atoms with Gasteiger partial charge >= 0.3 is 13.7 Å². The molecule has 1 saturated heterocycles. The molecule has 15 nitrogen and oxygen atoms in total. The average Bonchev–Trinajstić information content (AvgIpc) is 3.58. The Kier molecular flexibility index (Phi) is 11.6. The number of benzene rings is 3. The van der Waals surface area contributed by atoms with Crippen molar-refractivity contribution in [3.63, 3.8) is 0 Å². The number of fused-ring (bicyclic) bond motifs is 2. The van der Waals surface area contributed by atoms with Gasteiger partial charge in [0.15, 0.2) is 17.4 Å². The molecule has 7 unspecified atom stereocenters. The van der Waals surface area contributed by atoms with Crippen LogP contribution < -0.4 is 20.1 Å². The summed E-state index contributed by atoms with van der Waals surface area (Å²) < 4.78 is 46.0. The van der Waals surface area contributed by atoms with Gasteiger partial charge < -0.3 is 34.7 Å². The highest BCUT2D eigenvalue weighted by Gasteiger charge is 2.55. The van der Waals surface area contributed by atoms with E-state index >= 15 is 0 Å². The van der Waals surface area contributed by atoms with Gasteiger partial charge in [-0.25, -0.2) is 9.55 Å². The number of methoxy groups -OCH3 is 1. The van der Waals surface area contributed by atoms with Crippen LogP contribution in [0.15, 0.2) is 72.8 Å². The lowest BCUT2D eigenvalue weighted by atomic mass is 9.96. The van der Waals surface area contributed by atoms with Crippen molar-refractivity contribution in [2.45, 2.75) is 63.4 Å². The number of carbonyl (C=O) groups is 1. The summed E-state index contributed by atoms with van der Waals surface area (Å²) in [5.41, 5.74) is 5.28. The third-order valence-electron chi connectivity index (χ3n) is 9.03. The third kappa shape index (κ3) is 8.14. The number of aliphatic hydroxyl groups is 2. The van der Waals surface area contributed by atoms with Gasteiger partial charge in [-0.2, -0.15) is 26.8 Å². The maximum atomic E-state index is 14.9. The molecule has 5 aromatic rings. The normalized spacial score (nSPS) is 22.4. The Morgan fingerprint density at radius 3 is 2.57 bits per heavy atom. The minimum Gasteiger partial charge on any atom is -0.479 e. The molecule has 5 N–H and O–H groups in total. The Balaban J connectivity index is 1.30. The molecule has 2 aromatic heterocycles. The molecule has 7 atom stereocenters. The van der Waals surface area contributed by atoms with E-state index in [2.05, 4.69) is 20.0 Å². The Morgan fingerprint density at radius 2 is 1.83 bits per heavy atom. The number of nitrogen functional groups attached to an aromatic ring is 1. The molecule has 0 bridgehead atoms. The summed E-state index contributed by atoms with van der Waals surface area (Å²) in [5, 5.41) is 27.4. The highest BCUT2D eigenvalue weighted by Crippen LogP contribution is 2.49. The zero-order valence-corrected chi connectivity index (χ0v) is 31.6. The van der Waals surface area contributed by atoms with Crippen molar-refractivity contribution in [2.75, 3.05) is 31.5 Å². The Hall–Kier alpha value is -4.28. The first-order valence-corrected chi connectivity index (χ1v) is 19.8. The Morgan fingerprint density at radius 1 is 1.11 bits per heavy atom. The molecule has 3 aromatic carbocycles. The maximum Gasteiger partial charge on any atom is 0.459 e. The summed E-state index contributed by atoms with van der Waals surface area (Å²) >= 11 is 1.50. The van der Waals surface area contributed by atoms with Crippen LogP contribution in [0.5, 0.6) is 11.6 Å². The van der Waals surface area contributed by atoms with E-state index in [1.165, 1.54) is 30.4 Å². The zero-order valence-electron chi connectivity index (χ0n) is 29.9. The summed E-state index contributed by atoms with van der Waals surface area (Å²) in [6.07, 6.45) is -2.51. The minimum atomic E-state index is -4.48. The summed E-state index contributed by atoms with van der Waals surface area (Å²) in [6.45, 7) is 4.28. The quantitative estimate of drug-likeness (QED) is 0.0808. The Labute approximate surface area is 310 Å². The number of imidazole rings is 1. The van der Waals surface area contributed by atoms with Crippen molar-refractivity contribution in [1.82, 2.24) is 24.6 Å². The lowest BCUT2D eigenvalue weighted by Gasteiger charge is -2.28. The molecule has 282 valence electrons. The SMILES string of the molecule is COc1nc(N)nc2c1nc(C)n2C1OC(COP(=O)(NC(CCSC)C(=O)OC(C)c2ccccc2)Oc2cccc3ccccc23)C(O)C1(C)O. The van der Waals surface area contributed by atoms with Crippen molar-refractivity contribution in [3.05, 3.63) is 84.2 Å². The smallest absolute Gasteiger partial charge is 0.459 e. The molecule has 1 aliphatic rings. The molecule has 0 spiro atoms. The van der Waals surface area contributed by atoms with E-state index in [0.29, 0.717) is 17.0 Å². The van der Waals surface area contributed by atoms with Crippen LogP contribution in [0.3, 0.4) is 0 Å². The van der Waals surface area contributed by atoms with Crippen molar-refractivity contribution in [2.24, 2.45) is 0 Å². The van der Waals surface area contributed by atoms with Crippen molar-refractivity contribution < 1.29 is 42.8 Å². The molecule has 6 rings (SSSR count). The van der Waals surface area contributed by atoms with Gasteiger partial charge in [0.1, 0.15) is 41.5 Å². The minimum absolute atomic E-state index is 0.0983. The van der Waals surface area contributed by atoms with Gasteiger partial charge in [-0.1, -0.05) is 66.7 Å². The fraction of sp³-hybridized carbons (Fsp3) is 0.389. The maximum absolute atomic E-state index is 14.9. The first kappa shape index (κ1) is 38.4. The first-order chi connectivity index (χ1) is 25.3. The number of hydrogen-bond donors (Lipinski definition) is 4. The molecule has 3 heterocycles. The number of nitrogens with two attached hydrogens (primary N) is 1. The van der Waals surface area contributed by atoms with Crippen LogP contribution >= 0.6 is 19.5 Å². The molecule has 0 amide bonds. The number of hydrogen-bond acceptors (Lipinski definition) is 14. The second-order valence-corrected chi connectivity index (χ2v) is 15.5. The molecule has 0 saturated carbocycles. The van der Waals surface area contributed by atoms with Crippen molar-refractivity contribution >= 4 is 53.4 Å². The summed E-state index contributed by atoms with van der Waals surface area (Å²) in [4.78, 5) is 26.6. The van der Waals surface area contributed by atoms with E-state index in [0.717, 1.165) is 10.9 Å². The van der Waals surface area contributed by atoms with Crippen LogP contribution in [-0.4, -0.2) is 85.3 Å². The van der Waals surface area contributed by atoms with Gasteiger partial charge in [-0.15, -0.1) is 0 Å². The molecule has 1 fully saturated rings. The summed E-state index contributed by atoms with van der Waals surface area (Å²) in [5.74, 6) is 0.491. The van der Waals surface area contributed by atoms with Crippen LogP contribution in [-0.2, 0) is 23.4 Å². The molecule has 0 aliphatic carbocycles. The average molecular weight is 767 g/mol. The number of ether oxygens (including phenoxy) is 3. The van der Waals surface area contributed by atoms with E-state index in [4.69, 9.17) is 29.0 Å². The summed E-state index contributed by atoms with van der Waals surface area (Å²) in [6, 6.07) is 20.8. The van der Waals surface area contributed by atoms with E-state index in [1.54, 1.807) is 26.0 Å². The van der Waals surface area contributed by atoms with Gasteiger partial charge in [0.05, 0.1) is 13.7 Å². The molecule has 0 radical (unpaired) electrons. The Bertz CT molecular complexity index is 2110. The van der Waals surface area contributed by atoms with Crippen LogP contribution in [0.2, 0.25) is 0 Å². The zero-order chi connectivity index (χ0) is 37.9. The second kappa shape index (κ2) is 16.0. The second-order valence-electron chi connectivity index (χ2n) is 12.8. The standard InChI is InChI=1S/C36H43N6O9PS/c1-21(23-12-7-6-8-13-23)49-33(44)26(18-19-53-5)41-52(46,51-27-17-11-15-24-14-9-10-16-25(24)27)48-20-28-30(43)36(3,45)34(50-28)42-22(2)38-29-31(42)39-35(37)40-32(29)47-4/h6-17,21,26,28,30,34,43,45H,18-20H2,1-5H3,(H,41,46)(H2,37,39,40). The number of aromatic nitrogens is 4. The molecular weight excluding hydrogens is 723 g/mol. The number of anilines is 1. The van der Waals surface area contributed by atoms with E-state index in [9.17, 15) is 19.6 Å². The van der Waals surface area contributed by atoms with Gasteiger partial charge in [0.2, 0.25) is 11.8 Å². The third-order valence-corrected chi connectivity index (χ3v) is 11.2. The lowest BCUT2D eigenvalue weighted by molar-refractivity contribution is -0.150. The van der Waals surface area contributed by atoms with E-state index in [-0.39, 0.29) is 35.2 Å². The van der Waals surface area contributed by atoms with Gasteiger partial charge in [0, 0.05) is 5.39 Å². The lowest BCUT2D eigenvalue weighted by Crippen LogP contribution is -2.45. The number of carbonyl (C=O) groups excluding carboxylic acids is 1. The molecule has 1 aliphatic heterocycles. The van der Waals surface area contributed by atoms with Crippen molar-refractivity contribution in [3.8, 4) is 11.6 Å². The fourth-order valence-electron chi connectivity index (χ4n) is 6.23. The van der Waals surface area contributed by atoms with E-state index < -0.39 is 56.5 Å². The predicted molar refractivity (Wildman–Crippen MR) is 201 cm³/mol. The summed E-state index contributed by atoms with van der Waals surface area (Å²) in [7, 11) is -3.07. The first-order valence-electron chi connectivity index (χ1n) is 16.9. The highest BCUT2D eigenvalue weighted by molar-refractivity contribution is 7.98. The van der Waals surface area contributed by atoms with E-state index in [1.807, 2.05) is 66.9 Å². The predicted octanol–water partition coefficient (Wildman–Crippen LogP) is 5.11. The van der Waals surface area contributed by atoms with Gasteiger partial charge in [-0.05, 0) is 56.2 Å². The number of nitrogens with zero attached hydrogens (tertiary/aromatic N) is 4. The van der Waals surface area contributed by atoms with Gasteiger partial charge in [-0.3, -0.25) is 13.9 Å². The van der Waals surface area contributed by atoms with Crippen LogP contribution in [0.1, 0.15) is 44.0 Å². The number of esters is 1. The van der Waals surface area contributed by atoms with Crippen molar-refractivity contribution in [1.29, 1.82) is 0 Å². The van der Waals surface area contributed by atoms with Crippen LogP contribution in [0, 0.1) is 6.92 Å². The molecule has 53 heavy (non-hydrogen) atoms. The number of rotatable bonds is 15. The van der Waals surface area contributed by atoms with Crippen LogP contribution in [0.4, 0.5) is 5.95 Å². The van der Waals surface area contributed by atoms with Gasteiger partial charge in [0.25, 0.3) is 0 Å². The van der Waals surface area contributed by atoms with Crippen LogP contribution in [0.25, 0.3) is 21.9 Å².